The molecule has 280 valence electrons. The van der Waals surface area contributed by atoms with Gasteiger partial charge in [0.15, 0.2) is 0 Å². The number of benzene rings is 10. The van der Waals surface area contributed by atoms with Crippen molar-refractivity contribution in [1.82, 2.24) is 13.7 Å². The fourth-order valence-electron chi connectivity index (χ4n) is 10.3. The molecule has 0 saturated heterocycles. The van der Waals surface area contributed by atoms with Gasteiger partial charge in [0.05, 0.1) is 22.1 Å². The highest BCUT2D eigenvalue weighted by Gasteiger charge is 2.20. The first kappa shape index (κ1) is 33.1. The van der Waals surface area contributed by atoms with Gasteiger partial charge in [0.1, 0.15) is 0 Å². The molecule has 0 aliphatic rings. The van der Waals surface area contributed by atoms with Crippen LogP contribution in [-0.2, 0) is 7.05 Å². The van der Waals surface area contributed by atoms with E-state index in [0.29, 0.717) is 0 Å². The number of hydrogen-bond acceptors (Lipinski definition) is 0. The standard InChI is InChI=1S/C57H37N3/c1-58-50-29-25-38(39-26-30-52-49(34-39)56-43-19-10-8-13-36(43)24-32-54(56)59(52)41-15-4-2-5-16-41)33-48(50)55-44(21-12-22-53(55)58)40-27-31-51-47(35-40)46-28-23-37-14-9-11-20-45(37)57(46)60(51)42-17-6-3-7-18-42/h2-35H,1H3. The fourth-order valence-corrected chi connectivity index (χ4v) is 10.3. The zero-order chi connectivity index (χ0) is 39.5. The van der Waals surface area contributed by atoms with Gasteiger partial charge in [-0.25, -0.2) is 0 Å². The van der Waals surface area contributed by atoms with Crippen LogP contribution in [0.4, 0.5) is 0 Å². The summed E-state index contributed by atoms with van der Waals surface area (Å²) in [5, 5.41) is 12.6. The molecule has 0 fully saturated rings. The molecule has 0 unspecified atom stereocenters. The molecule has 3 nitrogen and oxygen atoms in total. The van der Waals surface area contributed by atoms with E-state index in [1.54, 1.807) is 0 Å². The normalized spacial score (nSPS) is 12.1. The molecule has 0 atom stereocenters. The van der Waals surface area contributed by atoms with Crippen molar-refractivity contribution in [3.63, 3.8) is 0 Å². The Balaban J connectivity index is 1.03. The van der Waals surface area contributed by atoms with Crippen LogP contribution in [0.3, 0.4) is 0 Å². The van der Waals surface area contributed by atoms with E-state index in [9.17, 15) is 0 Å². The van der Waals surface area contributed by atoms with Crippen molar-refractivity contribution in [2.24, 2.45) is 7.05 Å². The van der Waals surface area contributed by atoms with Crippen LogP contribution >= 0.6 is 0 Å². The zero-order valence-electron chi connectivity index (χ0n) is 33.0. The van der Waals surface area contributed by atoms with E-state index in [1.807, 2.05) is 0 Å². The fraction of sp³-hybridized carbons (Fsp3) is 0.0175. The van der Waals surface area contributed by atoms with Gasteiger partial charge in [-0.1, -0.05) is 133 Å². The van der Waals surface area contributed by atoms with E-state index in [2.05, 4.69) is 227 Å². The maximum absolute atomic E-state index is 2.44. The quantitative estimate of drug-likeness (QED) is 0.170. The average Bonchev–Trinajstić information content (AvgIpc) is 3.94. The van der Waals surface area contributed by atoms with Crippen LogP contribution < -0.4 is 0 Å². The molecule has 0 radical (unpaired) electrons. The monoisotopic (exact) mass is 763 g/mol. The predicted octanol–water partition coefficient (Wildman–Crippen LogP) is 15.2. The molecular weight excluding hydrogens is 727 g/mol. The second kappa shape index (κ2) is 12.6. The number of aromatic nitrogens is 3. The summed E-state index contributed by atoms with van der Waals surface area (Å²) in [4.78, 5) is 0. The van der Waals surface area contributed by atoms with Gasteiger partial charge in [0.25, 0.3) is 0 Å². The van der Waals surface area contributed by atoms with E-state index in [1.165, 1.54) is 121 Å². The van der Waals surface area contributed by atoms with Crippen LogP contribution in [0, 0.1) is 0 Å². The average molecular weight is 764 g/mol. The van der Waals surface area contributed by atoms with Crippen LogP contribution in [0.2, 0.25) is 0 Å². The van der Waals surface area contributed by atoms with Crippen molar-refractivity contribution in [2.45, 2.75) is 0 Å². The van der Waals surface area contributed by atoms with E-state index in [-0.39, 0.29) is 0 Å². The van der Waals surface area contributed by atoms with Gasteiger partial charge in [0, 0.05) is 67.2 Å². The lowest BCUT2D eigenvalue weighted by Crippen LogP contribution is -1.94. The molecule has 0 N–H and O–H groups in total. The maximum Gasteiger partial charge on any atom is 0.0619 e. The van der Waals surface area contributed by atoms with E-state index in [0.717, 1.165) is 0 Å². The topological polar surface area (TPSA) is 14.8 Å². The van der Waals surface area contributed by atoms with E-state index < -0.39 is 0 Å². The lowest BCUT2D eigenvalue weighted by atomic mass is 9.95. The molecular formula is C57H37N3. The third-order valence-corrected chi connectivity index (χ3v) is 13.0. The SMILES string of the molecule is Cn1c2ccc(-c3ccc4c(c3)c3c5ccccc5ccc3n4-c3ccccc3)cc2c2c(-c3ccc4c(c3)c3ccc5ccccc5c3n4-c3ccccc3)cccc21. The third kappa shape index (κ3) is 4.66. The molecule has 0 bridgehead atoms. The molecule has 0 aliphatic heterocycles. The van der Waals surface area contributed by atoms with Crippen molar-refractivity contribution in [2.75, 3.05) is 0 Å². The minimum absolute atomic E-state index is 1.17. The number of aryl methyl sites for hydroxylation is 1. The summed E-state index contributed by atoms with van der Waals surface area (Å²) >= 11 is 0. The maximum atomic E-state index is 2.44. The molecule has 3 aromatic heterocycles. The van der Waals surface area contributed by atoms with Gasteiger partial charge in [-0.15, -0.1) is 0 Å². The molecule has 13 rings (SSSR count). The predicted molar refractivity (Wildman–Crippen MR) is 255 cm³/mol. The Hall–Kier alpha value is -7.88. The summed E-state index contributed by atoms with van der Waals surface area (Å²) in [6, 6.07) is 76.1. The summed E-state index contributed by atoms with van der Waals surface area (Å²) < 4.78 is 7.21. The van der Waals surface area contributed by atoms with Crippen molar-refractivity contribution >= 4 is 87.0 Å². The van der Waals surface area contributed by atoms with Gasteiger partial charge >= 0.3 is 0 Å². The van der Waals surface area contributed by atoms with Crippen molar-refractivity contribution in [1.29, 1.82) is 0 Å². The highest BCUT2D eigenvalue weighted by molar-refractivity contribution is 6.23. The largest absolute Gasteiger partial charge is 0.344 e. The summed E-state index contributed by atoms with van der Waals surface area (Å²) in [5.41, 5.74) is 14.5. The smallest absolute Gasteiger partial charge is 0.0619 e. The minimum atomic E-state index is 1.17. The summed E-state index contributed by atoms with van der Waals surface area (Å²) in [6.07, 6.45) is 0. The zero-order valence-corrected chi connectivity index (χ0v) is 33.0. The molecule has 3 heterocycles. The van der Waals surface area contributed by atoms with Gasteiger partial charge < -0.3 is 13.7 Å². The third-order valence-electron chi connectivity index (χ3n) is 13.0. The van der Waals surface area contributed by atoms with E-state index >= 15 is 0 Å². The van der Waals surface area contributed by atoms with Crippen molar-refractivity contribution in [3.05, 3.63) is 206 Å². The Morgan fingerprint density at radius 2 is 0.850 bits per heavy atom. The second-order valence-corrected chi connectivity index (χ2v) is 16.2. The number of hydrogen-bond donors (Lipinski definition) is 0. The summed E-state index contributed by atoms with van der Waals surface area (Å²) in [5.74, 6) is 0. The number of nitrogens with zero attached hydrogens (tertiary/aromatic N) is 3. The summed E-state index contributed by atoms with van der Waals surface area (Å²) in [7, 11) is 2.20. The first-order valence-electron chi connectivity index (χ1n) is 20.7. The second-order valence-electron chi connectivity index (χ2n) is 16.2. The van der Waals surface area contributed by atoms with Crippen LogP contribution in [0.5, 0.6) is 0 Å². The first-order valence-corrected chi connectivity index (χ1v) is 20.7. The molecule has 3 heteroatoms. The van der Waals surface area contributed by atoms with Crippen LogP contribution in [0.1, 0.15) is 0 Å². The highest BCUT2D eigenvalue weighted by Crippen LogP contribution is 2.43. The molecule has 0 aliphatic carbocycles. The van der Waals surface area contributed by atoms with Gasteiger partial charge in [0.2, 0.25) is 0 Å². The number of rotatable bonds is 4. The van der Waals surface area contributed by atoms with Gasteiger partial charge in [-0.3, -0.25) is 0 Å². The Morgan fingerprint density at radius 3 is 1.60 bits per heavy atom. The molecule has 10 aromatic carbocycles. The first-order chi connectivity index (χ1) is 29.7. The van der Waals surface area contributed by atoms with Crippen molar-refractivity contribution in [3.8, 4) is 33.6 Å². The molecule has 0 spiro atoms. The lowest BCUT2D eigenvalue weighted by Gasteiger charge is -2.10. The molecule has 0 amide bonds. The summed E-state index contributed by atoms with van der Waals surface area (Å²) in [6.45, 7) is 0. The van der Waals surface area contributed by atoms with Gasteiger partial charge in [-0.05, 0) is 111 Å². The molecule has 13 aromatic rings. The van der Waals surface area contributed by atoms with Crippen LogP contribution in [0.15, 0.2) is 206 Å². The van der Waals surface area contributed by atoms with Gasteiger partial charge in [-0.2, -0.15) is 0 Å². The number of para-hydroxylation sites is 2. The lowest BCUT2D eigenvalue weighted by molar-refractivity contribution is 1.01. The highest BCUT2D eigenvalue weighted by atomic mass is 15.0. The van der Waals surface area contributed by atoms with Crippen LogP contribution in [-0.4, -0.2) is 13.7 Å². The Bertz CT molecular complexity index is 3880. The van der Waals surface area contributed by atoms with Crippen LogP contribution in [0.25, 0.3) is 121 Å². The Labute approximate surface area is 346 Å². The minimum Gasteiger partial charge on any atom is -0.344 e. The Morgan fingerprint density at radius 1 is 0.300 bits per heavy atom. The van der Waals surface area contributed by atoms with E-state index in [4.69, 9.17) is 0 Å². The van der Waals surface area contributed by atoms with Crippen molar-refractivity contribution < 1.29 is 0 Å². The Kier molecular flexibility index (Phi) is 6.93. The molecule has 0 saturated carbocycles. The number of fused-ring (bicyclic) bond motifs is 13. The molecule has 60 heavy (non-hydrogen) atoms.